The Bertz CT molecular complexity index is 31.4. The van der Waals surface area contributed by atoms with Crippen LogP contribution in [-0.4, -0.2) is 0 Å². The molecular weight excluding hydrogens is 175 g/mol. The summed E-state index contributed by atoms with van der Waals surface area (Å²) in [6, 6.07) is 0. The van der Waals surface area contributed by atoms with Gasteiger partial charge in [-0.05, 0) is 0 Å². The van der Waals surface area contributed by atoms with Crippen LogP contribution in [0, 0.1) is 0 Å². The zero-order valence-corrected chi connectivity index (χ0v) is 3.96. The molecule has 1 heterocycles. The smallest absolute Gasteiger partial charge is 0 e. The van der Waals surface area contributed by atoms with Crippen molar-refractivity contribution < 1.29 is 14.2 Å². The summed E-state index contributed by atoms with van der Waals surface area (Å²) in [7, 11) is 0. The van der Waals surface area contributed by atoms with E-state index >= 15 is 0 Å². The van der Waals surface area contributed by atoms with Crippen molar-refractivity contribution >= 4 is 24.0 Å². The molecule has 0 aliphatic carbocycles. The molecule has 3 nitrogen and oxygen atoms in total. The minimum atomic E-state index is 0. The Hall–Kier alpha value is 0.130. The largest absolute Gasteiger partial charge is 0.107 e. The van der Waals surface area contributed by atoms with Crippen molar-refractivity contribution in [2.75, 3.05) is 0 Å². The molecule has 4 heavy (non-hydrogen) atoms. The first-order valence-corrected chi connectivity index (χ1v) is 0.500. The van der Waals surface area contributed by atoms with E-state index in [1.165, 1.54) is 0 Å². The average Bonchev–Trinajstić information content (AvgIpc) is 1.46. The molecule has 0 spiro atoms. The Morgan fingerprint density at radius 2 is 1.00 bits per heavy atom. The molecule has 4 heteroatoms. The lowest BCUT2D eigenvalue weighted by molar-refractivity contribution is 0.264. The minimum Gasteiger partial charge on any atom is -0.107 e. The topological polar surface area (TPSA) is 39.4 Å². The van der Waals surface area contributed by atoms with Crippen LogP contribution in [0.2, 0.25) is 0 Å². The van der Waals surface area contributed by atoms with Crippen LogP contribution < -0.4 is 0 Å². The second-order valence-electron chi connectivity index (χ2n) is 0.204. The molecule has 0 aliphatic rings. The molecule has 0 fully saturated rings. The van der Waals surface area contributed by atoms with E-state index in [0.717, 1.165) is 0 Å². The van der Waals surface area contributed by atoms with Crippen LogP contribution in [0.25, 0.3) is 0 Å². The maximum absolute atomic E-state index is 3.50. The zero-order valence-electron chi connectivity index (χ0n) is 1.63. The molecule has 0 saturated heterocycles. The van der Waals surface area contributed by atoms with Gasteiger partial charge in [-0.1, -0.05) is 0 Å². The van der Waals surface area contributed by atoms with Gasteiger partial charge in [0.15, 0.2) is 0 Å². The van der Waals surface area contributed by atoms with Crippen LogP contribution in [0.5, 0.6) is 0 Å². The van der Waals surface area contributed by atoms with E-state index in [1.54, 1.807) is 0 Å². The van der Waals surface area contributed by atoms with Crippen LogP contribution in [-0.2, 0) is 0 Å². The predicted molar refractivity (Wildman–Crippen MR) is 18.7 cm³/mol. The van der Waals surface area contributed by atoms with E-state index in [0.29, 0.717) is 0 Å². The maximum Gasteiger partial charge on any atom is 0 e. The van der Waals surface area contributed by atoms with Crippen molar-refractivity contribution in [3.8, 4) is 0 Å². The molecule has 26 valence electrons. The van der Waals surface area contributed by atoms with Crippen molar-refractivity contribution in [2.24, 2.45) is 0 Å². The molecule has 0 aromatic carbocycles. The summed E-state index contributed by atoms with van der Waals surface area (Å²) in [5, 5.41) is 0. The number of rotatable bonds is 0. The Balaban J connectivity index is 0.0000000900. The Morgan fingerprint density at radius 3 is 1.00 bits per heavy atom. The monoisotopic (exact) mass is 176 g/mol. The van der Waals surface area contributed by atoms with Gasteiger partial charge in [0, 0.05) is 14.2 Å². The van der Waals surface area contributed by atoms with Crippen molar-refractivity contribution in [3.05, 3.63) is 0 Å². The van der Waals surface area contributed by atoms with Crippen LogP contribution >= 0.6 is 24.0 Å². The van der Waals surface area contributed by atoms with Gasteiger partial charge in [0.1, 0.15) is 0 Å². The van der Waals surface area contributed by atoms with E-state index in [-0.39, 0.29) is 24.0 Å². The van der Waals surface area contributed by atoms with E-state index in [9.17, 15) is 0 Å². The quantitative estimate of drug-likeness (QED) is 0.438. The van der Waals surface area contributed by atoms with E-state index in [4.69, 9.17) is 0 Å². The summed E-state index contributed by atoms with van der Waals surface area (Å²) in [5.41, 5.74) is 0. The van der Waals surface area contributed by atoms with Crippen molar-refractivity contribution in [3.63, 3.8) is 0 Å². The van der Waals surface area contributed by atoms with E-state index in [2.05, 4.69) is 14.2 Å². The highest BCUT2D eigenvalue weighted by Crippen LogP contribution is 1.79. The van der Waals surface area contributed by atoms with Gasteiger partial charge in [0.05, 0.1) is 0 Å². The first-order chi connectivity index (χ1) is 1.50. The first kappa shape index (κ1) is 4.13. The highest BCUT2D eigenvalue weighted by molar-refractivity contribution is 14.0. The summed E-state index contributed by atoms with van der Waals surface area (Å²) < 4.78 is 10.5. The Kier molecular flexibility index (Phi) is 1.50. The molecule has 1 rings (SSSR count). The van der Waals surface area contributed by atoms with Gasteiger partial charge in [-0.25, -0.2) is 0 Å². The van der Waals surface area contributed by atoms with Crippen LogP contribution in [0.15, 0.2) is 14.2 Å². The number of hydrogen-bond acceptors (Lipinski definition) is 3. The van der Waals surface area contributed by atoms with E-state index in [1.807, 2.05) is 0 Å². The third-order valence-corrected chi connectivity index (χ3v) is 0.0680. The number of halogens is 1. The molecular formula is HIO3. The third-order valence-electron chi connectivity index (χ3n) is 0.0680. The Labute approximate surface area is 38.7 Å². The van der Waals surface area contributed by atoms with Gasteiger partial charge in [0.25, 0.3) is 0 Å². The second kappa shape index (κ2) is 1.45. The maximum atomic E-state index is 3.50. The van der Waals surface area contributed by atoms with Crippen LogP contribution in [0.4, 0.5) is 0 Å². The molecule has 0 N–H and O–H groups in total. The molecule has 0 amide bonds. The van der Waals surface area contributed by atoms with Crippen molar-refractivity contribution in [1.82, 2.24) is 0 Å². The fourth-order valence-electron chi connectivity index (χ4n) is 0. The summed E-state index contributed by atoms with van der Waals surface area (Å²) in [4.78, 5) is 0. The lowest BCUT2D eigenvalue weighted by atomic mass is 15.2. The highest BCUT2D eigenvalue weighted by atomic mass is 127. The van der Waals surface area contributed by atoms with Gasteiger partial charge < -0.3 is 0 Å². The molecule has 0 unspecified atom stereocenters. The third kappa shape index (κ3) is 2.13. The van der Waals surface area contributed by atoms with Gasteiger partial charge in [-0.15, -0.1) is 24.0 Å². The lowest BCUT2D eigenvalue weighted by Gasteiger charge is -0.816. The summed E-state index contributed by atoms with van der Waals surface area (Å²) >= 11 is 0. The molecule has 0 atom stereocenters. The summed E-state index contributed by atoms with van der Waals surface area (Å²) in [6.07, 6.45) is 0. The average molecular weight is 176 g/mol. The molecule has 1 aromatic heterocycles. The standard InChI is InChI=1S/HI.O3/c;1-2-3-1/h1H;. The molecule has 1 aromatic rings. The first-order valence-electron chi connectivity index (χ1n) is 0.500. The van der Waals surface area contributed by atoms with Gasteiger partial charge in [-0.2, -0.15) is 0 Å². The predicted octanol–water partition coefficient (Wildman–Crippen LogP) is 1.08. The van der Waals surface area contributed by atoms with Gasteiger partial charge in [-0.3, -0.25) is 0 Å². The summed E-state index contributed by atoms with van der Waals surface area (Å²) in [5.74, 6) is 0. The summed E-state index contributed by atoms with van der Waals surface area (Å²) in [6.45, 7) is 0. The molecule has 0 aliphatic heterocycles. The van der Waals surface area contributed by atoms with Crippen LogP contribution in [0.1, 0.15) is 0 Å². The van der Waals surface area contributed by atoms with Crippen LogP contribution in [0.3, 0.4) is 0 Å². The van der Waals surface area contributed by atoms with Gasteiger partial charge >= 0.3 is 0 Å². The van der Waals surface area contributed by atoms with Gasteiger partial charge in [0.2, 0.25) is 0 Å². The normalized spacial score (nSPS) is 6.00. The SMILES string of the molecule is I.o1oo1. The Morgan fingerprint density at radius 1 is 0.750 bits per heavy atom. The fourth-order valence-corrected chi connectivity index (χ4v) is 0. The minimum absolute atomic E-state index is 0. The lowest BCUT2D eigenvalue weighted by Crippen LogP contribution is -0.661. The van der Waals surface area contributed by atoms with Crippen molar-refractivity contribution in [1.29, 1.82) is 0 Å². The second-order valence-corrected chi connectivity index (χ2v) is 0.204. The molecule has 0 saturated carbocycles. The zero-order chi connectivity index (χ0) is 2.12. The number of hydrogen-bond donors (Lipinski definition) is 0. The highest BCUT2D eigenvalue weighted by Gasteiger charge is 1.63. The fraction of sp³-hybridized carbons (Fsp3) is 0. The molecule has 0 radical (unpaired) electrons. The van der Waals surface area contributed by atoms with Crippen molar-refractivity contribution in [2.45, 2.75) is 0 Å². The van der Waals surface area contributed by atoms with E-state index < -0.39 is 0 Å². The molecule has 0 bridgehead atoms.